The van der Waals surface area contributed by atoms with E-state index in [9.17, 15) is 22.8 Å². The van der Waals surface area contributed by atoms with Gasteiger partial charge in [-0.25, -0.2) is 14.5 Å². The number of amides is 3. The van der Waals surface area contributed by atoms with E-state index in [0.29, 0.717) is 54.0 Å². The summed E-state index contributed by atoms with van der Waals surface area (Å²) < 4.78 is 49.6. The van der Waals surface area contributed by atoms with Crippen molar-refractivity contribution in [3.05, 3.63) is 72.1 Å². The number of pyridine rings is 1. The van der Waals surface area contributed by atoms with Gasteiger partial charge in [0.2, 0.25) is 11.8 Å². The molecule has 2 aromatic heterocycles. The molecule has 3 heterocycles. The van der Waals surface area contributed by atoms with E-state index in [0.717, 1.165) is 18.4 Å². The minimum absolute atomic E-state index is 0.0458. The van der Waals surface area contributed by atoms with Crippen molar-refractivity contribution in [1.29, 1.82) is 0 Å². The third-order valence-corrected chi connectivity index (χ3v) is 9.54. The van der Waals surface area contributed by atoms with Crippen LogP contribution in [0.3, 0.4) is 0 Å². The second-order valence-electron chi connectivity index (χ2n) is 13.0. The molecule has 0 bridgehead atoms. The Bertz CT molecular complexity index is 1800. The van der Waals surface area contributed by atoms with Gasteiger partial charge in [-0.05, 0) is 50.8 Å². The summed E-state index contributed by atoms with van der Waals surface area (Å²) in [4.78, 5) is 32.5. The van der Waals surface area contributed by atoms with Crippen molar-refractivity contribution in [1.82, 2.24) is 19.7 Å². The second kappa shape index (κ2) is 11.0. The first-order valence-corrected chi connectivity index (χ1v) is 15.6. The predicted octanol–water partition coefficient (Wildman–Crippen LogP) is 7.14. The van der Waals surface area contributed by atoms with Crippen molar-refractivity contribution in [2.75, 3.05) is 23.7 Å². The van der Waals surface area contributed by atoms with Crippen LogP contribution in [0.4, 0.5) is 29.5 Å². The summed E-state index contributed by atoms with van der Waals surface area (Å²) >= 11 is 0. The summed E-state index contributed by atoms with van der Waals surface area (Å²) in [6.45, 7) is 5.21. The number of benzene rings is 2. The maximum absolute atomic E-state index is 14.0. The first-order chi connectivity index (χ1) is 22.0. The predicted molar refractivity (Wildman–Crippen MR) is 167 cm³/mol. The highest BCUT2D eigenvalue weighted by molar-refractivity contribution is 6.06. The number of piperidine rings is 1. The molecule has 46 heavy (non-hydrogen) atoms. The summed E-state index contributed by atoms with van der Waals surface area (Å²) in [6, 6.07) is 15.2. The monoisotopic (exact) mass is 632 g/mol. The van der Waals surface area contributed by atoms with Crippen molar-refractivity contribution in [2.24, 2.45) is 5.41 Å². The van der Waals surface area contributed by atoms with Crippen LogP contribution in [0.1, 0.15) is 56.7 Å². The van der Waals surface area contributed by atoms with Crippen molar-refractivity contribution in [2.45, 2.75) is 70.1 Å². The number of ether oxygens (including phenoxy) is 1. The minimum atomic E-state index is -4.45. The Morgan fingerprint density at radius 1 is 0.957 bits per heavy atom. The summed E-state index contributed by atoms with van der Waals surface area (Å²) in [5.74, 6) is 0.780. The topological polar surface area (TPSA) is 101 Å². The van der Waals surface area contributed by atoms with Crippen molar-refractivity contribution < 1.29 is 27.5 Å². The molecule has 4 aromatic rings. The molecule has 2 N–H and O–H groups in total. The van der Waals surface area contributed by atoms with E-state index in [-0.39, 0.29) is 41.8 Å². The van der Waals surface area contributed by atoms with Gasteiger partial charge in [0.1, 0.15) is 17.3 Å². The minimum Gasteiger partial charge on any atom is -0.474 e. The van der Waals surface area contributed by atoms with Crippen LogP contribution in [-0.2, 0) is 10.2 Å². The fourth-order valence-corrected chi connectivity index (χ4v) is 6.14. The molecule has 3 fully saturated rings. The van der Waals surface area contributed by atoms with E-state index < -0.39 is 17.6 Å². The highest BCUT2D eigenvalue weighted by atomic mass is 19.4. The molecule has 1 aliphatic heterocycles. The number of halogens is 3. The van der Waals surface area contributed by atoms with Gasteiger partial charge in [0.05, 0.1) is 23.3 Å². The number of nitrogens with zero attached hydrogens (tertiary/aromatic N) is 4. The summed E-state index contributed by atoms with van der Waals surface area (Å²) in [5, 5.41) is 11.2. The number of aryl methyl sites for hydroxylation is 1. The van der Waals surface area contributed by atoms with E-state index in [1.807, 2.05) is 55.1 Å². The molecule has 3 aliphatic rings. The lowest BCUT2D eigenvalue weighted by Crippen LogP contribution is -2.44. The van der Waals surface area contributed by atoms with Gasteiger partial charge >= 0.3 is 12.2 Å². The molecule has 0 unspecified atom stereocenters. The Hall–Kier alpha value is -4.61. The highest BCUT2D eigenvalue weighted by Crippen LogP contribution is 2.58. The number of fused-ring (bicyclic) bond motifs is 1. The van der Waals surface area contributed by atoms with Gasteiger partial charge in [-0.2, -0.15) is 18.3 Å². The molecule has 3 amide bonds. The fourth-order valence-electron chi connectivity index (χ4n) is 6.14. The average Bonchev–Trinajstić information content (AvgIpc) is 3.96. The molecule has 9 nitrogen and oxygen atoms in total. The van der Waals surface area contributed by atoms with Gasteiger partial charge in [0.25, 0.3) is 0 Å². The first kappa shape index (κ1) is 30.1. The summed E-state index contributed by atoms with van der Waals surface area (Å²) in [7, 11) is 0. The standard InChI is InChI=1S/C34H35F3N6O3/c1-21-7-9-22(10-8-21)43-28(19-27(41-43)33(15-16-33)34(35,36)37)40-31(45)39-26-20-38-29(25-6-4-3-5-24(25)26)46-23-11-17-42(18-12-23)30(44)32(2)13-14-32/h3-10,19-20,23H,11-18H2,1-2H3,(H2,39,40,45). The number of carbonyl (C=O) groups excluding carboxylic acids is 2. The molecule has 12 heteroatoms. The van der Waals surface area contributed by atoms with Gasteiger partial charge < -0.3 is 15.0 Å². The summed E-state index contributed by atoms with van der Waals surface area (Å²) in [5.41, 5.74) is -0.405. The van der Waals surface area contributed by atoms with E-state index in [2.05, 4.69) is 20.7 Å². The first-order valence-electron chi connectivity index (χ1n) is 15.6. The van der Waals surface area contributed by atoms with Crippen LogP contribution in [0.25, 0.3) is 16.5 Å². The second-order valence-corrected chi connectivity index (χ2v) is 13.0. The molecule has 2 saturated carbocycles. The average molecular weight is 633 g/mol. The number of nitrogens with one attached hydrogen (secondary N) is 2. The van der Waals surface area contributed by atoms with Crippen LogP contribution in [0, 0.1) is 12.3 Å². The Morgan fingerprint density at radius 2 is 1.63 bits per heavy atom. The Kier molecular flexibility index (Phi) is 7.21. The van der Waals surface area contributed by atoms with E-state index >= 15 is 0 Å². The van der Waals surface area contributed by atoms with Gasteiger partial charge in [0.15, 0.2) is 0 Å². The van der Waals surface area contributed by atoms with Gasteiger partial charge in [-0.15, -0.1) is 0 Å². The van der Waals surface area contributed by atoms with Gasteiger partial charge in [-0.1, -0.05) is 42.8 Å². The summed E-state index contributed by atoms with van der Waals surface area (Å²) in [6.07, 6.45) is 0.174. The number of carbonyl (C=O) groups is 2. The normalized spacial score (nSPS) is 18.7. The molecular weight excluding hydrogens is 597 g/mol. The van der Waals surface area contributed by atoms with Crippen molar-refractivity contribution in [3.63, 3.8) is 0 Å². The van der Waals surface area contributed by atoms with Crippen LogP contribution >= 0.6 is 0 Å². The fraction of sp³-hybridized carbons (Fsp3) is 0.412. The molecule has 0 spiro atoms. The van der Waals surface area contributed by atoms with Crippen molar-refractivity contribution in [3.8, 4) is 11.6 Å². The van der Waals surface area contributed by atoms with Gasteiger partial charge in [0, 0.05) is 48.2 Å². The van der Waals surface area contributed by atoms with E-state index in [1.54, 1.807) is 12.1 Å². The largest absolute Gasteiger partial charge is 0.474 e. The zero-order chi connectivity index (χ0) is 32.3. The van der Waals surface area contributed by atoms with Crippen LogP contribution in [0.15, 0.2) is 60.8 Å². The lowest BCUT2D eigenvalue weighted by molar-refractivity contribution is -0.161. The van der Waals surface area contributed by atoms with Gasteiger partial charge in [-0.3, -0.25) is 10.1 Å². The maximum Gasteiger partial charge on any atom is 0.400 e. The molecule has 1 saturated heterocycles. The Balaban J connectivity index is 1.09. The SMILES string of the molecule is Cc1ccc(-n2nc(C3(C(F)(F)F)CC3)cc2NC(=O)Nc2cnc(OC3CCN(C(=O)C4(C)CC4)CC3)c3ccccc23)cc1. The van der Waals surface area contributed by atoms with Crippen LogP contribution < -0.4 is 15.4 Å². The number of alkyl halides is 3. The number of rotatable bonds is 7. The molecule has 0 atom stereocenters. The lowest BCUT2D eigenvalue weighted by atomic mass is 10.0. The number of aromatic nitrogens is 3. The number of urea groups is 1. The molecule has 240 valence electrons. The third-order valence-electron chi connectivity index (χ3n) is 9.54. The number of anilines is 2. The molecule has 2 aromatic carbocycles. The molecule has 0 radical (unpaired) electrons. The van der Waals surface area contributed by atoms with Crippen molar-refractivity contribution >= 4 is 34.2 Å². The highest BCUT2D eigenvalue weighted by Gasteiger charge is 2.66. The number of hydrogen-bond donors (Lipinski definition) is 2. The van der Waals surface area contributed by atoms with E-state index in [1.165, 1.54) is 16.9 Å². The number of likely N-dealkylation sites (tertiary alicyclic amines) is 1. The maximum atomic E-state index is 14.0. The lowest BCUT2D eigenvalue weighted by Gasteiger charge is -2.33. The zero-order valence-corrected chi connectivity index (χ0v) is 25.7. The quantitative estimate of drug-likeness (QED) is 0.226. The molecule has 7 rings (SSSR count). The molecule has 2 aliphatic carbocycles. The number of hydrogen-bond acceptors (Lipinski definition) is 5. The molecular formula is C34H35F3N6O3. The van der Waals surface area contributed by atoms with Crippen LogP contribution in [0.2, 0.25) is 0 Å². The Labute approximate surface area is 264 Å². The Morgan fingerprint density at radius 3 is 2.26 bits per heavy atom. The zero-order valence-electron chi connectivity index (χ0n) is 25.7. The van der Waals surface area contributed by atoms with Crippen LogP contribution in [-0.4, -0.2) is 57.0 Å². The third kappa shape index (κ3) is 5.54. The smallest absolute Gasteiger partial charge is 0.400 e. The van der Waals surface area contributed by atoms with Crippen LogP contribution in [0.5, 0.6) is 5.88 Å². The van der Waals surface area contributed by atoms with E-state index in [4.69, 9.17) is 4.74 Å².